The Balaban J connectivity index is 1.57. The topological polar surface area (TPSA) is 88.1 Å². The number of nitrogens with zero attached hydrogens (tertiary/aromatic N) is 4. The summed E-state index contributed by atoms with van der Waals surface area (Å²) in [6.07, 6.45) is -1.83. The van der Waals surface area contributed by atoms with Gasteiger partial charge in [0.05, 0.1) is 22.7 Å². The van der Waals surface area contributed by atoms with Gasteiger partial charge in [0, 0.05) is 24.0 Å². The van der Waals surface area contributed by atoms with Crippen LogP contribution in [-0.2, 0) is 29.0 Å². The third kappa shape index (κ3) is 4.49. The number of pyridine rings is 1. The molecule has 4 rings (SSSR count). The molecular formula is C20H15F6N5O2S. The molecule has 2 aromatic heterocycles. The van der Waals surface area contributed by atoms with Crippen LogP contribution < -0.4 is 10.2 Å². The van der Waals surface area contributed by atoms with Crippen molar-refractivity contribution in [1.29, 1.82) is 0 Å². The molecule has 0 atom stereocenters. The van der Waals surface area contributed by atoms with E-state index in [0.29, 0.717) is 17.1 Å². The van der Waals surface area contributed by atoms with Gasteiger partial charge in [0.1, 0.15) is 18.0 Å². The number of anilines is 3. The predicted octanol–water partition coefficient (Wildman–Crippen LogP) is 4.49. The van der Waals surface area contributed by atoms with Gasteiger partial charge in [-0.15, -0.1) is 0 Å². The zero-order valence-corrected chi connectivity index (χ0v) is 17.8. The molecule has 3 heterocycles. The maximum Gasteiger partial charge on any atom is 0.501 e. The van der Waals surface area contributed by atoms with E-state index in [4.69, 9.17) is 0 Å². The molecular weight excluding hydrogens is 488 g/mol. The summed E-state index contributed by atoms with van der Waals surface area (Å²) in [6, 6.07) is 6.12. The maximum absolute atomic E-state index is 13.4. The highest BCUT2D eigenvalue weighted by atomic mass is 32.2. The van der Waals surface area contributed by atoms with Crippen molar-refractivity contribution < 1.29 is 34.8 Å². The molecule has 0 fully saturated rings. The van der Waals surface area contributed by atoms with Crippen LogP contribution in [0, 0.1) is 0 Å². The van der Waals surface area contributed by atoms with E-state index in [9.17, 15) is 34.8 Å². The van der Waals surface area contributed by atoms with E-state index in [0.717, 1.165) is 30.3 Å². The van der Waals surface area contributed by atoms with Crippen molar-refractivity contribution in [3.05, 3.63) is 65.7 Å². The van der Waals surface area contributed by atoms with Gasteiger partial charge in [-0.05, 0) is 42.8 Å². The Hall–Kier alpha value is -3.42. The van der Waals surface area contributed by atoms with Crippen LogP contribution in [0.3, 0.4) is 0 Å². The molecule has 0 bridgehead atoms. The molecule has 14 heteroatoms. The largest absolute Gasteiger partial charge is 0.501 e. The van der Waals surface area contributed by atoms with E-state index in [1.165, 1.54) is 23.5 Å². The number of halogens is 6. The van der Waals surface area contributed by atoms with E-state index in [2.05, 4.69) is 20.3 Å². The summed E-state index contributed by atoms with van der Waals surface area (Å²) in [4.78, 5) is 12.7. The second-order valence-corrected chi connectivity index (χ2v) is 9.23. The number of fused-ring (bicyclic) bond motifs is 1. The third-order valence-corrected chi connectivity index (χ3v) is 6.63. The fourth-order valence-corrected chi connectivity index (χ4v) is 4.26. The average molecular weight is 503 g/mol. The van der Waals surface area contributed by atoms with E-state index in [1.807, 2.05) is 0 Å². The number of benzene rings is 1. The van der Waals surface area contributed by atoms with Crippen molar-refractivity contribution in [1.82, 2.24) is 15.0 Å². The van der Waals surface area contributed by atoms with Gasteiger partial charge in [-0.25, -0.2) is 23.4 Å². The molecule has 0 saturated heterocycles. The highest BCUT2D eigenvalue weighted by Gasteiger charge is 2.46. The van der Waals surface area contributed by atoms with Crippen LogP contribution in [0.2, 0.25) is 0 Å². The summed E-state index contributed by atoms with van der Waals surface area (Å²) in [6.45, 7) is 0.229. The second kappa shape index (κ2) is 8.42. The lowest BCUT2D eigenvalue weighted by Gasteiger charge is -2.31. The van der Waals surface area contributed by atoms with Gasteiger partial charge in [0.15, 0.2) is 0 Å². The minimum atomic E-state index is -5.47. The summed E-state index contributed by atoms with van der Waals surface area (Å²) in [7, 11) is -5.47. The van der Waals surface area contributed by atoms with Gasteiger partial charge in [-0.3, -0.25) is 0 Å². The quantitative estimate of drug-likeness (QED) is 0.525. The van der Waals surface area contributed by atoms with Crippen LogP contribution in [0.15, 0.2) is 53.8 Å². The highest BCUT2D eigenvalue weighted by molar-refractivity contribution is 7.92. The SMILES string of the molecule is O=S(=O)(c1ccc(Nc2ncnc3c2CCN(c2ncccc2C(F)(F)F)C3)cc1)C(F)(F)F. The van der Waals surface area contributed by atoms with Gasteiger partial charge in [-0.1, -0.05) is 0 Å². The first-order valence-corrected chi connectivity index (χ1v) is 11.1. The van der Waals surface area contributed by atoms with Crippen molar-refractivity contribution >= 4 is 27.2 Å². The smallest absolute Gasteiger partial charge is 0.350 e. The molecule has 3 aromatic rings. The van der Waals surface area contributed by atoms with Crippen molar-refractivity contribution in [3.63, 3.8) is 0 Å². The average Bonchev–Trinajstić information content (AvgIpc) is 2.78. The number of alkyl halides is 6. The first kappa shape index (κ1) is 23.7. The van der Waals surface area contributed by atoms with Gasteiger partial charge in [-0.2, -0.15) is 26.3 Å². The summed E-state index contributed by atoms with van der Waals surface area (Å²) >= 11 is 0. The summed E-state index contributed by atoms with van der Waals surface area (Å²) in [5, 5.41) is 2.90. The van der Waals surface area contributed by atoms with E-state index >= 15 is 0 Å². The maximum atomic E-state index is 13.4. The Labute approximate surface area is 189 Å². The molecule has 0 unspecified atom stereocenters. The molecule has 0 aliphatic carbocycles. The van der Waals surface area contributed by atoms with E-state index in [1.54, 1.807) is 0 Å². The first-order chi connectivity index (χ1) is 15.9. The van der Waals surface area contributed by atoms with Gasteiger partial charge in [0.2, 0.25) is 0 Å². The van der Waals surface area contributed by atoms with Crippen LogP contribution in [0.5, 0.6) is 0 Å². The lowest BCUT2D eigenvalue weighted by molar-refractivity contribution is -0.137. The summed E-state index contributed by atoms with van der Waals surface area (Å²) in [5.74, 6) is 0.100. The lowest BCUT2D eigenvalue weighted by atomic mass is 10.0. The third-order valence-electron chi connectivity index (χ3n) is 5.13. The fourth-order valence-electron chi connectivity index (χ4n) is 3.50. The number of rotatable bonds is 4. The van der Waals surface area contributed by atoms with Crippen molar-refractivity contribution in [2.75, 3.05) is 16.8 Å². The van der Waals surface area contributed by atoms with E-state index < -0.39 is 32.0 Å². The molecule has 1 aliphatic rings. The predicted molar refractivity (Wildman–Crippen MR) is 109 cm³/mol. The number of aromatic nitrogens is 3. The Morgan fingerprint density at radius 2 is 1.65 bits per heavy atom. The molecule has 34 heavy (non-hydrogen) atoms. The van der Waals surface area contributed by atoms with Crippen LogP contribution in [0.4, 0.5) is 43.7 Å². The molecule has 7 nitrogen and oxygen atoms in total. The van der Waals surface area contributed by atoms with Crippen molar-refractivity contribution in [2.24, 2.45) is 0 Å². The van der Waals surface area contributed by atoms with Gasteiger partial charge in [0.25, 0.3) is 9.84 Å². The monoisotopic (exact) mass is 503 g/mol. The number of hydrogen-bond donors (Lipinski definition) is 1. The van der Waals surface area contributed by atoms with Crippen LogP contribution >= 0.6 is 0 Å². The number of sulfone groups is 1. The molecule has 0 spiro atoms. The molecule has 0 amide bonds. The lowest BCUT2D eigenvalue weighted by Crippen LogP contribution is -2.34. The Kier molecular flexibility index (Phi) is 5.87. The van der Waals surface area contributed by atoms with Gasteiger partial charge >= 0.3 is 11.7 Å². The fraction of sp³-hybridized carbons (Fsp3) is 0.250. The minimum Gasteiger partial charge on any atom is -0.350 e. The van der Waals surface area contributed by atoms with Crippen LogP contribution in [0.25, 0.3) is 0 Å². The van der Waals surface area contributed by atoms with E-state index in [-0.39, 0.29) is 31.0 Å². The van der Waals surface area contributed by atoms with Crippen LogP contribution in [-0.4, -0.2) is 35.4 Å². The Morgan fingerprint density at radius 3 is 2.29 bits per heavy atom. The highest BCUT2D eigenvalue weighted by Crippen LogP contribution is 2.37. The van der Waals surface area contributed by atoms with Gasteiger partial charge < -0.3 is 10.2 Å². The first-order valence-electron chi connectivity index (χ1n) is 9.66. The molecule has 0 radical (unpaired) electrons. The van der Waals surface area contributed by atoms with Crippen LogP contribution in [0.1, 0.15) is 16.8 Å². The zero-order valence-electron chi connectivity index (χ0n) is 17.0. The molecule has 180 valence electrons. The minimum absolute atomic E-state index is 0.0371. The number of nitrogens with one attached hydrogen (secondary N) is 1. The second-order valence-electron chi connectivity index (χ2n) is 7.29. The summed E-state index contributed by atoms with van der Waals surface area (Å²) < 4.78 is 101. The molecule has 1 aromatic carbocycles. The molecule has 1 N–H and O–H groups in total. The standard InChI is InChI=1S/C20H15F6N5O2S/c21-19(22,23)15-2-1-8-27-18(15)31-9-7-14-16(10-31)28-11-29-17(14)30-12-3-5-13(6-4-12)34(32,33)20(24,25)26/h1-6,8,11H,7,9-10H2,(H,28,29,30). The molecule has 0 saturated carbocycles. The normalized spacial score (nSPS) is 14.6. The molecule has 1 aliphatic heterocycles. The Bertz CT molecular complexity index is 1310. The zero-order chi connectivity index (χ0) is 24.7. The van der Waals surface area contributed by atoms with Crippen molar-refractivity contribution in [3.8, 4) is 0 Å². The van der Waals surface area contributed by atoms with Crippen molar-refractivity contribution in [2.45, 2.75) is 29.5 Å². The summed E-state index contributed by atoms with van der Waals surface area (Å²) in [5.41, 5.74) is -4.93. The number of hydrogen-bond acceptors (Lipinski definition) is 7. The Morgan fingerprint density at radius 1 is 0.941 bits per heavy atom.